The summed E-state index contributed by atoms with van der Waals surface area (Å²) in [6.07, 6.45) is 7.35. The van der Waals surface area contributed by atoms with Gasteiger partial charge in [0.25, 0.3) is 5.91 Å². The summed E-state index contributed by atoms with van der Waals surface area (Å²) < 4.78 is 2.43. The van der Waals surface area contributed by atoms with Crippen LogP contribution < -0.4 is 12.4 Å². The number of hydrogen-bond acceptors (Lipinski definition) is 1. The number of halogens is 3. The van der Waals surface area contributed by atoms with Crippen molar-refractivity contribution in [2.75, 3.05) is 13.1 Å². The zero-order valence-corrected chi connectivity index (χ0v) is 16.1. The number of rotatable bonds is 1. The first-order chi connectivity index (χ1) is 10.9. The van der Waals surface area contributed by atoms with Gasteiger partial charge in [0.05, 0.1) is 22.0 Å². The molecule has 1 fully saturated rings. The van der Waals surface area contributed by atoms with Gasteiger partial charge in [-0.25, -0.2) is 4.58 Å². The molecule has 0 unspecified atom stereocenters. The quantitative estimate of drug-likeness (QED) is 0.668. The first kappa shape index (κ1) is 19.3. The maximum Gasteiger partial charge on any atom is 0.258 e. The van der Waals surface area contributed by atoms with E-state index >= 15 is 0 Å². The van der Waals surface area contributed by atoms with Crippen molar-refractivity contribution in [1.82, 2.24) is 4.90 Å². The second-order valence-electron chi connectivity index (χ2n) is 6.79. The van der Waals surface area contributed by atoms with Crippen molar-refractivity contribution in [2.24, 2.45) is 0 Å². The molecule has 1 aromatic rings. The van der Waals surface area contributed by atoms with Crippen LogP contribution in [-0.2, 0) is 0 Å². The molecule has 2 aliphatic heterocycles. The Morgan fingerprint density at radius 3 is 2.42 bits per heavy atom. The highest BCUT2D eigenvalue weighted by Gasteiger charge is 2.37. The molecule has 0 spiro atoms. The summed E-state index contributed by atoms with van der Waals surface area (Å²) in [5.41, 5.74) is 1.61. The Bertz CT molecular complexity index is 702. The summed E-state index contributed by atoms with van der Waals surface area (Å²) >= 11 is 12.0. The Hall–Kier alpha value is -1.03. The molecular weight excluding hydrogens is 367 g/mol. The SMILES string of the molecule is CC1(C)CC(=[N+]2CCCC2)C=CN1C(=O)c1ccc(Cl)c(Cl)c1.[Cl-]. The molecule has 0 radical (unpaired) electrons. The van der Waals surface area contributed by atoms with E-state index in [1.165, 1.54) is 18.6 Å². The maximum absolute atomic E-state index is 12.9. The third-order valence-corrected chi connectivity index (χ3v) is 5.32. The molecule has 1 amide bonds. The van der Waals surface area contributed by atoms with Gasteiger partial charge in [0.15, 0.2) is 5.71 Å². The van der Waals surface area contributed by atoms with Crippen molar-refractivity contribution in [3.63, 3.8) is 0 Å². The van der Waals surface area contributed by atoms with Crippen LogP contribution in [-0.4, -0.2) is 39.7 Å². The number of amides is 1. The van der Waals surface area contributed by atoms with Gasteiger partial charge in [0.1, 0.15) is 13.1 Å². The van der Waals surface area contributed by atoms with E-state index in [0.717, 1.165) is 19.5 Å². The van der Waals surface area contributed by atoms with Gasteiger partial charge < -0.3 is 17.3 Å². The smallest absolute Gasteiger partial charge is 0.258 e. The van der Waals surface area contributed by atoms with Crippen LogP contribution in [0.1, 0.15) is 43.5 Å². The van der Waals surface area contributed by atoms with E-state index < -0.39 is 0 Å². The van der Waals surface area contributed by atoms with E-state index in [1.54, 1.807) is 23.1 Å². The van der Waals surface area contributed by atoms with Crippen LogP contribution in [0, 0.1) is 0 Å². The molecule has 3 nitrogen and oxygen atoms in total. The van der Waals surface area contributed by atoms with Crippen molar-refractivity contribution < 1.29 is 21.8 Å². The third kappa shape index (κ3) is 3.79. The number of carbonyl (C=O) groups is 1. The summed E-state index contributed by atoms with van der Waals surface area (Å²) in [6, 6.07) is 5.02. The molecule has 130 valence electrons. The summed E-state index contributed by atoms with van der Waals surface area (Å²) in [4.78, 5) is 14.7. The number of nitrogens with zero attached hydrogens (tertiary/aromatic N) is 2. The van der Waals surface area contributed by atoms with Gasteiger partial charge in [-0.3, -0.25) is 4.79 Å². The Labute approximate surface area is 159 Å². The molecule has 0 saturated carbocycles. The van der Waals surface area contributed by atoms with Gasteiger partial charge in [-0.05, 0) is 32.0 Å². The van der Waals surface area contributed by atoms with Gasteiger partial charge in [-0.1, -0.05) is 23.2 Å². The van der Waals surface area contributed by atoms with Crippen molar-refractivity contribution in [2.45, 2.75) is 38.6 Å². The standard InChI is InChI=1S/C18H21Cl2N2O.ClH/c1-18(2)12-14(21-8-3-4-9-21)7-10-22(18)17(23)13-5-6-15(19)16(20)11-13;/h5-7,10-11H,3-4,8-9,12H2,1-2H3;1H/q+1;/p-1. The lowest BCUT2D eigenvalue weighted by Gasteiger charge is -2.38. The third-order valence-electron chi connectivity index (χ3n) is 4.58. The largest absolute Gasteiger partial charge is 1.00 e. The Kier molecular flexibility index (Phi) is 6.00. The van der Waals surface area contributed by atoms with E-state index in [9.17, 15) is 4.79 Å². The molecule has 0 bridgehead atoms. The van der Waals surface area contributed by atoms with Gasteiger partial charge in [-0.15, -0.1) is 0 Å². The highest BCUT2D eigenvalue weighted by Crippen LogP contribution is 2.29. The van der Waals surface area contributed by atoms with E-state index in [1.807, 2.05) is 6.20 Å². The van der Waals surface area contributed by atoms with Gasteiger partial charge in [-0.2, -0.15) is 0 Å². The second-order valence-corrected chi connectivity index (χ2v) is 7.61. The molecule has 1 aromatic carbocycles. The maximum atomic E-state index is 12.9. The molecule has 0 N–H and O–H groups in total. The lowest BCUT2D eigenvalue weighted by atomic mass is 9.91. The number of carbonyl (C=O) groups excluding carboxylic acids is 1. The first-order valence-electron chi connectivity index (χ1n) is 7.96. The van der Waals surface area contributed by atoms with Crippen molar-refractivity contribution >= 4 is 34.8 Å². The Morgan fingerprint density at radius 1 is 1.17 bits per heavy atom. The molecule has 0 aliphatic carbocycles. The van der Waals surface area contributed by atoms with Gasteiger partial charge in [0, 0.05) is 30.7 Å². The predicted molar refractivity (Wildman–Crippen MR) is 94.7 cm³/mol. The van der Waals surface area contributed by atoms with Crippen LogP contribution in [0.2, 0.25) is 10.0 Å². The average Bonchev–Trinajstić information content (AvgIpc) is 3.02. The minimum Gasteiger partial charge on any atom is -1.00 e. The molecule has 6 heteroatoms. The number of benzene rings is 1. The second kappa shape index (κ2) is 7.47. The molecule has 0 aromatic heterocycles. The fraction of sp³-hybridized carbons (Fsp3) is 0.444. The van der Waals surface area contributed by atoms with E-state index in [0.29, 0.717) is 15.6 Å². The van der Waals surface area contributed by atoms with Crippen LogP contribution in [0.3, 0.4) is 0 Å². The first-order valence-corrected chi connectivity index (χ1v) is 8.72. The van der Waals surface area contributed by atoms with Crippen molar-refractivity contribution in [3.8, 4) is 0 Å². The van der Waals surface area contributed by atoms with Crippen LogP contribution >= 0.6 is 23.2 Å². The normalized spacial score (nSPS) is 19.4. The Morgan fingerprint density at radius 2 is 1.83 bits per heavy atom. The van der Waals surface area contributed by atoms with Gasteiger partial charge in [0.2, 0.25) is 0 Å². The molecule has 0 atom stereocenters. The minimum atomic E-state index is -0.268. The van der Waals surface area contributed by atoms with Crippen LogP contribution in [0.15, 0.2) is 30.5 Å². The highest BCUT2D eigenvalue weighted by atomic mass is 35.5. The van der Waals surface area contributed by atoms with Gasteiger partial charge >= 0.3 is 0 Å². The van der Waals surface area contributed by atoms with Crippen LogP contribution in [0.4, 0.5) is 0 Å². The number of allylic oxidation sites excluding steroid dienone is 1. The van der Waals surface area contributed by atoms with Crippen LogP contribution in [0.25, 0.3) is 0 Å². The van der Waals surface area contributed by atoms with E-state index in [-0.39, 0.29) is 23.9 Å². The fourth-order valence-corrected chi connectivity index (χ4v) is 3.58. The molecule has 24 heavy (non-hydrogen) atoms. The fourth-order valence-electron chi connectivity index (χ4n) is 3.28. The average molecular weight is 388 g/mol. The highest BCUT2D eigenvalue weighted by molar-refractivity contribution is 6.42. The lowest BCUT2D eigenvalue weighted by molar-refractivity contribution is -0.506. The summed E-state index contributed by atoms with van der Waals surface area (Å²) in [7, 11) is 0. The van der Waals surface area contributed by atoms with E-state index in [2.05, 4.69) is 24.5 Å². The van der Waals surface area contributed by atoms with Crippen molar-refractivity contribution in [3.05, 3.63) is 46.1 Å². The minimum absolute atomic E-state index is 0. The lowest BCUT2D eigenvalue weighted by Crippen LogP contribution is -3.00. The molecule has 1 saturated heterocycles. The summed E-state index contributed by atoms with van der Waals surface area (Å²) in [5, 5.41) is 0.863. The number of hydrogen-bond donors (Lipinski definition) is 0. The predicted octanol–water partition coefficient (Wildman–Crippen LogP) is 1.38. The summed E-state index contributed by atoms with van der Waals surface area (Å²) in [6.45, 7) is 6.44. The summed E-state index contributed by atoms with van der Waals surface area (Å²) in [5.74, 6) is -0.0507. The molecule has 2 heterocycles. The molecular formula is C18H21Cl3N2O. The molecule has 3 rings (SSSR count). The zero-order chi connectivity index (χ0) is 16.6. The zero-order valence-electron chi connectivity index (χ0n) is 13.9. The monoisotopic (exact) mass is 386 g/mol. The molecule has 2 aliphatic rings. The topological polar surface area (TPSA) is 23.3 Å². The van der Waals surface area contributed by atoms with Crippen molar-refractivity contribution in [1.29, 1.82) is 0 Å². The van der Waals surface area contributed by atoms with Crippen LogP contribution in [0.5, 0.6) is 0 Å². The Balaban J connectivity index is 0.00000208. The van der Waals surface area contributed by atoms with E-state index in [4.69, 9.17) is 23.2 Å².